The Morgan fingerprint density at radius 1 is 1.00 bits per heavy atom. The van der Waals surface area contributed by atoms with Crippen molar-refractivity contribution in [2.24, 2.45) is 0 Å². The van der Waals surface area contributed by atoms with Crippen LogP contribution in [0.3, 0.4) is 0 Å². The Balaban J connectivity index is 1.83. The lowest BCUT2D eigenvalue weighted by molar-refractivity contribution is 0.102. The fourth-order valence-corrected chi connectivity index (χ4v) is 2.75. The van der Waals surface area contributed by atoms with E-state index in [1.165, 1.54) is 5.56 Å². The Morgan fingerprint density at radius 3 is 2.54 bits per heavy atom. The topological polar surface area (TPSA) is 76.1 Å². The number of anilines is 3. The van der Waals surface area contributed by atoms with Crippen LogP contribution in [0, 0.1) is 20.8 Å². The highest BCUT2D eigenvalue weighted by atomic mass is 16.5. The van der Waals surface area contributed by atoms with Crippen LogP contribution >= 0.6 is 0 Å². The Morgan fingerprint density at radius 2 is 1.79 bits per heavy atom. The molecule has 6 nitrogen and oxygen atoms in total. The number of carbonyl (C=O) groups excluding carboxylic acids is 1. The van der Waals surface area contributed by atoms with Gasteiger partial charge < -0.3 is 15.4 Å². The number of para-hydroxylation sites is 2. The van der Waals surface area contributed by atoms with Crippen molar-refractivity contribution in [3.8, 4) is 5.75 Å². The number of rotatable bonds is 6. The lowest BCUT2D eigenvalue weighted by Crippen LogP contribution is -2.15. The van der Waals surface area contributed by atoms with Crippen molar-refractivity contribution < 1.29 is 9.53 Å². The molecule has 0 bridgehead atoms. The van der Waals surface area contributed by atoms with Crippen molar-refractivity contribution in [3.63, 3.8) is 0 Å². The molecule has 28 heavy (non-hydrogen) atoms. The number of hydrogen-bond donors (Lipinski definition) is 2. The third-order valence-electron chi connectivity index (χ3n) is 4.29. The Labute approximate surface area is 165 Å². The molecule has 6 heteroatoms. The molecule has 1 heterocycles. The minimum atomic E-state index is -0.283. The van der Waals surface area contributed by atoms with Gasteiger partial charge in [0.25, 0.3) is 5.91 Å². The summed E-state index contributed by atoms with van der Waals surface area (Å²) in [7, 11) is 0. The Hall–Kier alpha value is -3.41. The highest BCUT2D eigenvalue weighted by Gasteiger charge is 2.12. The van der Waals surface area contributed by atoms with Crippen molar-refractivity contribution in [2.45, 2.75) is 27.7 Å². The maximum atomic E-state index is 12.7. The van der Waals surface area contributed by atoms with E-state index in [1.807, 2.05) is 63.2 Å². The molecule has 3 rings (SSSR count). The number of ether oxygens (including phenoxy) is 1. The number of nitrogens with zero attached hydrogens (tertiary/aromatic N) is 2. The molecule has 0 radical (unpaired) electrons. The summed E-state index contributed by atoms with van der Waals surface area (Å²) >= 11 is 0. The number of benzene rings is 2. The highest BCUT2D eigenvalue weighted by molar-refractivity contribution is 6.03. The molecule has 144 valence electrons. The van der Waals surface area contributed by atoms with E-state index < -0.39 is 0 Å². The quantitative estimate of drug-likeness (QED) is 0.646. The number of aromatic nitrogens is 2. The lowest BCUT2D eigenvalue weighted by Gasteiger charge is -2.13. The van der Waals surface area contributed by atoms with Gasteiger partial charge in [0, 0.05) is 11.8 Å². The van der Waals surface area contributed by atoms with Gasteiger partial charge in [0.1, 0.15) is 23.1 Å². The summed E-state index contributed by atoms with van der Waals surface area (Å²) < 4.78 is 5.63. The van der Waals surface area contributed by atoms with Crippen molar-refractivity contribution in [3.05, 3.63) is 71.2 Å². The van der Waals surface area contributed by atoms with E-state index in [-0.39, 0.29) is 5.91 Å². The molecule has 0 fully saturated rings. The van der Waals surface area contributed by atoms with Crippen LogP contribution in [0.1, 0.15) is 34.4 Å². The first-order valence-corrected chi connectivity index (χ1v) is 9.19. The second-order valence-corrected chi connectivity index (χ2v) is 6.49. The van der Waals surface area contributed by atoms with Crippen molar-refractivity contribution in [2.75, 3.05) is 17.2 Å². The summed E-state index contributed by atoms with van der Waals surface area (Å²) in [6, 6.07) is 15.0. The fourth-order valence-electron chi connectivity index (χ4n) is 2.75. The van der Waals surface area contributed by atoms with E-state index in [4.69, 9.17) is 4.74 Å². The molecule has 0 saturated carbocycles. The highest BCUT2D eigenvalue weighted by Crippen LogP contribution is 2.27. The predicted octanol–water partition coefficient (Wildman–Crippen LogP) is 4.80. The average Bonchev–Trinajstić information content (AvgIpc) is 2.66. The standard InChI is InChI=1S/C22H24N4O2/c1-5-28-20-9-7-6-8-18(20)26-21-13-19(23-16(4)24-21)22(27)25-17-11-10-14(2)15(3)12-17/h6-13H,5H2,1-4H3,(H,25,27)(H,23,24,26). The van der Waals surface area contributed by atoms with Crippen LogP contribution in [0.25, 0.3) is 0 Å². The summed E-state index contributed by atoms with van der Waals surface area (Å²) in [5.41, 5.74) is 4.10. The van der Waals surface area contributed by atoms with Gasteiger partial charge in [-0.3, -0.25) is 4.79 Å². The minimum absolute atomic E-state index is 0.283. The zero-order valence-corrected chi connectivity index (χ0v) is 16.5. The molecule has 2 N–H and O–H groups in total. The van der Waals surface area contributed by atoms with Gasteiger partial charge in [-0.25, -0.2) is 9.97 Å². The van der Waals surface area contributed by atoms with Gasteiger partial charge in [0.05, 0.1) is 12.3 Å². The Bertz CT molecular complexity index is 1000. The monoisotopic (exact) mass is 376 g/mol. The smallest absolute Gasteiger partial charge is 0.274 e. The first kappa shape index (κ1) is 19.4. The van der Waals surface area contributed by atoms with Gasteiger partial charge in [-0.1, -0.05) is 18.2 Å². The number of amides is 1. The van der Waals surface area contributed by atoms with Gasteiger partial charge >= 0.3 is 0 Å². The van der Waals surface area contributed by atoms with Crippen molar-refractivity contribution >= 4 is 23.1 Å². The van der Waals surface area contributed by atoms with Crippen LogP contribution < -0.4 is 15.4 Å². The third-order valence-corrected chi connectivity index (χ3v) is 4.29. The van der Waals surface area contributed by atoms with E-state index in [0.717, 1.165) is 22.7 Å². The third kappa shape index (κ3) is 4.65. The molecule has 0 aliphatic rings. The number of aryl methyl sites for hydroxylation is 3. The molecular formula is C22H24N4O2. The molecule has 0 aliphatic heterocycles. The molecule has 1 amide bonds. The first-order chi connectivity index (χ1) is 13.5. The maximum Gasteiger partial charge on any atom is 0.274 e. The van der Waals surface area contributed by atoms with Crippen LogP contribution in [0.15, 0.2) is 48.5 Å². The maximum absolute atomic E-state index is 12.7. The van der Waals surface area contributed by atoms with Crippen molar-refractivity contribution in [1.29, 1.82) is 0 Å². The molecule has 1 aromatic heterocycles. The Kier molecular flexibility index (Phi) is 5.89. The van der Waals surface area contributed by atoms with Crippen LogP contribution in [0.4, 0.5) is 17.2 Å². The molecule has 0 atom stereocenters. The molecule has 0 unspecified atom stereocenters. The summed E-state index contributed by atoms with van der Waals surface area (Å²) in [4.78, 5) is 21.3. The van der Waals surface area contributed by atoms with E-state index in [2.05, 4.69) is 20.6 Å². The zero-order valence-electron chi connectivity index (χ0n) is 16.5. The summed E-state index contributed by atoms with van der Waals surface area (Å²) in [6.45, 7) is 8.29. The molecule has 0 aliphatic carbocycles. The van der Waals surface area contributed by atoms with E-state index in [0.29, 0.717) is 23.9 Å². The van der Waals surface area contributed by atoms with Gasteiger partial charge in [-0.15, -0.1) is 0 Å². The number of hydrogen-bond acceptors (Lipinski definition) is 5. The molecule has 3 aromatic rings. The lowest BCUT2D eigenvalue weighted by atomic mass is 10.1. The van der Waals surface area contributed by atoms with Gasteiger partial charge in [0.15, 0.2) is 0 Å². The molecule has 2 aromatic carbocycles. The first-order valence-electron chi connectivity index (χ1n) is 9.19. The summed E-state index contributed by atoms with van der Waals surface area (Å²) in [5, 5.41) is 6.11. The minimum Gasteiger partial charge on any atom is -0.492 e. The average molecular weight is 376 g/mol. The molecular weight excluding hydrogens is 352 g/mol. The predicted molar refractivity (Wildman–Crippen MR) is 112 cm³/mol. The summed E-state index contributed by atoms with van der Waals surface area (Å²) in [6.07, 6.45) is 0. The van der Waals surface area contributed by atoms with E-state index in [9.17, 15) is 4.79 Å². The van der Waals surface area contributed by atoms with Crippen LogP contribution in [0.2, 0.25) is 0 Å². The van der Waals surface area contributed by atoms with Crippen LogP contribution in [0.5, 0.6) is 5.75 Å². The molecule has 0 spiro atoms. The SMILES string of the molecule is CCOc1ccccc1Nc1cc(C(=O)Nc2ccc(C)c(C)c2)nc(C)n1. The van der Waals surface area contributed by atoms with E-state index in [1.54, 1.807) is 13.0 Å². The molecule has 0 saturated heterocycles. The van der Waals surface area contributed by atoms with Crippen LogP contribution in [-0.2, 0) is 0 Å². The van der Waals surface area contributed by atoms with E-state index >= 15 is 0 Å². The largest absolute Gasteiger partial charge is 0.492 e. The van der Waals surface area contributed by atoms with Crippen LogP contribution in [-0.4, -0.2) is 22.5 Å². The van der Waals surface area contributed by atoms with Crippen molar-refractivity contribution in [1.82, 2.24) is 9.97 Å². The normalized spacial score (nSPS) is 10.4. The second-order valence-electron chi connectivity index (χ2n) is 6.49. The second kappa shape index (κ2) is 8.52. The number of nitrogens with one attached hydrogen (secondary N) is 2. The van der Waals surface area contributed by atoms with Gasteiger partial charge in [-0.05, 0) is 63.1 Å². The number of carbonyl (C=O) groups is 1. The van der Waals surface area contributed by atoms with Gasteiger partial charge in [0.2, 0.25) is 0 Å². The fraction of sp³-hybridized carbons (Fsp3) is 0.227. The van der Waals surface area contributed by atoms with Gasteiger partial charge in [-0.2, -0.15) is 0 Å². The zero-order chi connectivity index (χ0) is 20.1. The summed E-state index contributed by atoms with van der Waals surface area (Å²) in [5.74, 6) is 1.48.